The van der Waals surface area contributed by atoms with Gasteiger partial charge in [0.25, 0.3) is 0 Å². The molecule has 9 heteroatoms. The molecule has 148 valence electrons. The second-order valence-electron chi connectivity index (χ2n) is 7.05. The van der Waals surface area contributed by atoms with Crippen LogP contribution in [0.2, 0.25) is 0 Å². The molecule has 0 fully saturated rings. The number of amides is 1. The molecule has 0 aliphatic heterocycles. The van der Waals surface area contributed by atoms with Gasteiger partial charge in [-0.3, -0.25) is 5.32 Å². The van der Waals surface area contributed by atoms with Gasteiger partial charge in [0.2, 0.25) is 3.79 Å². The summed E-state index contributed by atoms with van der Waals surface area (Å²) in [6.45, 7) is 7.66. The summed E-state index contributed by atoms with van der Waals surface area (Å²) >= 11 is 16.8. The van der Waals surface area contributed by atoms with Crippen LogP contribution < -0.4 is 10.1 Å². The minimum absolute atomic E-state index is 0.224. The molecule has 6 nitrogen and oxygen atoms in total. The Morgan fingerprint density at radius 3 is 2.44 bits per heavy atom. The van der Waals surface area contributed by atoms with Crippen LogP contribution in [0.5, 0.6) is 5.75 Å². The Bertz CT molecular complexity index is 823. The predicted octanol–water partition coefficient (Wildman–Crippen LogP) is 5.41. The smallest absolute Gasteiger partial charge is 0.412 e. The molecular weight excluding hydrogens is 413 g/mol. The van der Waals surface area contributed by atoms with Crippen LogP contribution in [0.1, 0.15) is 32.0 Å². The van der Waals surface area contributed by atoms with E-state index < -0.39 is 9.89 Å². The quantitative estimate of drug-likeness (QED) is 0.654. The number of aromatic nitrogens is 2. The van der Waals surface area contributed by atoms with Crippen molar-refractivity contribution in [2.75, 3.05) is 19.0 Å². The fourth-order valence-electron chi connectivity index (χ4n) is 2.26. The van der Waals surface area contributed by atoms with E-state index in [-0.39, 0.29) is 12.0 Å². The molecule has 0 radical (unpaired) electrons. The second-order valence-corrected chi connectivity index (χ2v) is 9.56. The summed E-state index contributed by atoms with van der Waals surface area (Å²) in [5.74, 6) is 1.14. The first-order valence-electron chi connectivity index (χ1n) is 8.17. The average Bonchev–Trinajstić information content (AvgIpc) is 2.97. The summed E-state index contributed by atoms with van der Waals surface area (Å²) in [4.78, 5) is 12.1. The van der Waals surface area contributed by atoms with E-state index in [1.165, 1.54) is 0 Å². The number of carbonyl (C=O) groups is 1. The van der Waals surface area contributed by atoms with Crippen LogP contribution in [0.3, 0.4) is 0 Å². The molecule has 0 atom stereocenters. The number of rotatable bonds is 4. The highest BCUT2D eigenvalue weighted by Gasteiger charge is 2.24. The number of hydrogen-bond donors (Lipinski definition) is 1. The first-order valence-corrected chi connectivity index (χ1v) is 9.30. The maximum atomic E-state index is 12.1. The highest BCUT2D eigenvalue weighted by Crippen LogP contribution is 2.29. The number of benzene rings is 1. The van der Waals surface area contributed by atoms with Crippen molar-refractivity contribution in [3.63, 3.8) is 0 Å². The highest BCUT2D eigenvalue weighted by atomic mass is 35.6. The van der Waals surface area contributed by atoms with Crippen LogP contribution in [-0.2, 0) is 10.2 Å². The summed E-state index contributed by atoms with van der Waals surface area (Å²) < 4.78 is 10.3. The Labute approximate surface area is 173 Å². The Hall–Kier alpha value is -1.63. The molecule has 0 aliphatic rings. The van der Waals surface area contributed by atoms with E-state index in [1.807, 2.05) is 45.9 Å². The van der Waals surface area contributed by atoms with Crippen molar-refractivity contribution in [2.24, 2.45) is 0 Å². The minimum Gasteiger partial charge on any atom is -0.496 e. The van der Waals surface area contributed by atoms with Gasteiger partial charge in [-0.25, -0.2) is 9.48 Å². The predicted molar refractivity (Wildman–Crippen MR) is 109 cm³/mol. The third-order valence-corrected chi connectivity index (χ3v) is 4.04. The lowest BCUT2D eigenvalue weighted by molar-refractivity contribution is 0.163. The van der Waals surface area contributed by atoms with Crippen LogP contribution in [0.15, 0.2) is 24.3 Å². The SMILES string of the molecule is COc1cc(-n2nc(C(C)(C)C)cc2NC(=O)OCC(Cl)(Cl)Cl)ccc1C. The van der Waals surface area contributed by atoms with Gasteiger partial charge in [0.15, 0.2) is 0 Å². The average molecular weight is 435 g/mol. The molecule has 1 aromatic heterocycles. The Morgan fingerprint density at radius 2 is 1.89 bits per heavy atom. The van der Waals surface area contributed by atoms with Gasteiger partial charge in [-0.1, -0.05) is 61.6 Å². The number of methoxy groups -OCH3 is 1. The number of nitrogens with zero attached hydrogens (tertiary/aromatic N) is 2. The third kappa shape index (κ3) is 5.92. The van der Waals surface area contributed by atoms with Gasteiger partial charge in [0, 0.05) is 17.5 Å². The molecule has 0 bridgehead atoms. The van der Waals surface area contributed by atoms with Gasteiger partial charge >= 0.3 is 6.09 Å². The standard InChI is InChI=1S/C18H22Cl3N3O3/c1-11-6-7-12(8-13(11)26-5)24-15(9-14(23-24)17(2,3)4)22-16(25)27-10-18(19,20)21/h6-9H,10H2,1-5H3,(H,22,25). The maximum Gasteiger partial charge on any atom is 0.412 e. The summed E-state index contributed by atoms with van der Waals surface area (Å²) in [6, 6.07) is 7.42. The van der Waals surface area contributed by atoms with Crippen molar-refractivity contribution in [1.82, 2.24) is 9.78 Å². The highest BCUT2D eigenvalue weighted by molar-refractivity contribution is 6.67. The number of carbonyl (C=O) groups excluding carboxylic acids is 1. The zero-order valence-corrected chi connectivity index (χ0v) is 18.0. The van der Waals surface area contributed by atoms with Gasteiger partial charge in [-0.15, -0.1) is 0 Å². The van der Waals surface area contributed by atoms with E-state index >= 15 is 0 Å². The van der Waals surface area contributed by atoms with E-state index in [0.717, 1.165) is 16.9 Å². The monoisotopic (exact) mass is 433 g/mol. The van der Waals surface area contributed by atoms with Crippen LogP contribution in [0, 0.1) is 6.92 Å². The number of hydrogen-bond acceptors (Lipinski definition) is 4. The number of anilines is 1. The van der Waals surface area contributed by atoms with Gasteiger partial charge in [0.1, 0.15) is 18.2 Å². The molecule has 0 aliphatic carbocycles. The van der Waals surface area contributed by atoms with Crippen molar-refractivity contribution >= 4 is 46.7 Å². The van der Waals surface area contributed by atoms with E-state index in [9.17, 15) is 4.79 Å². The number of halogens is 3. The molecule has 0 unspecified atom stereocenters. The van der Waals surface area contributed by atoms with Crippen molar-refractivity contribution in [3.8, 4) is 11.4 Å². The van der Waals surface area contributed by atoms with Gasteiger partial charge < -0.3 is 9.47 Å². The normalized spacial score (nSPS) is 12.0. The van der Waals surface area contributed by atoms with E-state index in [0.29, 0.717) is 11.6 Å². The lowest BCUT2D eigenvalue weighted by atomic mass is 9.92. The summed E-state index contributed by atoms with van der Waals surface area (Å²) in [5.41, 5.74) is 2.28. The molecule has 1 aromatic carbocycles. The lowest BCUT2D eigenvalue weighted by Crippen LogP contribution is -2.22. The van der Waals surface area contributed by atoms with Gasteiger partial charge in [0.05, 0.1) is 18.5 Å². The van der Waals surface area contributed by atoms with Gasteiger partial charge in [-0.05, 0) is 18.6 Å². The Morgan fingerprint density at radius 1 is 1.22 bits per heavy atom. The summed E-state index contributed by atoms with van der Waals surface area (Å²) in [6.07, 6.45) is -0.748. The van der Waals surface area contributed by atoms with Crippen LogP contribution in [0.25, 0.3) is 5.69 Å². The van der Waals surface area contributed by atoms with Crippen LogP contribution in [0.4, 0.5) is 10.6 Å². The molecule has 0 saturated heterocycles. The first-order chi connectivity index (χ1) is 12.4. The zero-order chi connectivity index (χ0) is 20.4. The molecule has 2 rings (SSSR count). The zero-order valence-electron chi connectivity index (χ0n) is 15.8. The third-order valence-electron chi connectivity index (χ3n) is 3.71. The fraction of sp³-hybridized carbons (Fsp3) is 0.444. The number of aryl methyl sites for hydroxylation is 1. The molecule has 27 heavy (non-hydrogen) atoms. The molecular formula is C18H22Cl3N3O3. The van der Waals surface area contributed by atoms with Crippen molar-refractivity contribution in [1.29, 1.82) is 0 Å². The van der Waals surface area contributed by atoms with E-state index in [1.54, 1.807) is 17.9 Å². The number of ether oxygens (including phenoxy) is 2. The summed E-state index contributed by atoms with van der Waals surface area (Å²) in [7, 11) is 1.60. The minimum atomic E-state index is -1.68. The summed E-state index contributed by atoms with van der Waals surface area (Å²) in [5, 5.41) is 7.28. The molecule has 0 saturated carbocycles. The number of nitrogens with one attached hydrogen (secondary N) is 1. The van der Waals surface area contributed by atoms with E-state index in [4.69, 9.17) is 44.3 Å². The molecule has 0 spiro atoms. The lowest BCUT2D eigenvalue weighted by Gasteiger charge is -2.14. The van der Waals surface area contributed by atoms with Crippen LogP contribution in [-0.4, -0.2) is 33.4 Å². The Kier molecular flexibility index (Phi) is 6.55. The van der Waals surface area contributed by atoms with E-state index in [2.05, 4.69) is 10.4 Å². The van der Waals surface area contributed by atoms with Crippen LogP contribution >= 0.6 is 34.8 Å². The second kappa shape index (κ2) is 8.17. The first kappa shape index (κ1) is 21.7. The topological polar surface area (TPSA) is 65.4 Å². The van der Waals surface area contributed by atoms with Gasteiger partial charge in [-0.2, -0.15) is 5.10 Å². The molecule has 1 N–H and O–H groups in total. The molecule has 2 aromatic rings. The largest absolute Gasteiger partial charge is 0.496 e. The fourth-order valence-corrected chi connectivity index (χ4v) is 2.43. The van der Waals surface area contributed by atoms with Crippen molar-refractivity contribution in [3.05, 3.63) is 35.5 Å². The molecule has 1 heterocycles. The Balaban J connectivity index is 2.38. The maximum absolute atomic E-state index is 12.1. The number of alkyl halides is 3. The molecule has 1 amide bonds. The van der Waals surface area contributed by atoms with Crippen molar-refractivity contribution in [2.45, 2.75) is 36.9 Å². The van der Waals surface area contributed by atoms with Crippen molar-refractivity contribution < 1.29 is 14.3 Å².